The largest absolute Gasteiger partial charge is 0.337 e. The molecule has 0 bridgehead atoms. The van der Waals surface area contributed by atoms with Crippen LogP contribution in [-0.4, -0.2) is 18.6 Å². The van der Waals surface area contributed by atoms with Crippen molar-refractivity contribution in [3.63, 3.8) is 0 Å². The topological polar surface area (TPSA) is 41.1 Å². The van der Waals surface area contributed by atoms with E-state index in [1.54, 1.807) is 0 Å². The number of carbonyl (C=O) groups excluding carboxylic acids is 1. The Balaban J connectivity index is 1.60. The fourth-order valence-corrected chi connectivity index (χ4v) is 2.68. The first-order valence-corrected chi connectivity index (χ1v) is 6.88. The smallest absolute Gasteiger partial charge is 0.315 e. The van der Waals surface area contributed by atoms with Gasteiger partial charge in [0.2, 0.25) is 0 Å². The molecule has 0 aliphatic heterocycles. The molecule has 2 aliphatic rings. The molecule has 3 rings (SSSR count). The standard InChI is InChI=1S/C15H20N2O/c18-14(17-13-7-8-13)16-11-15(9-4-10-15)12-5-2-1-3-6-12/h1-3,5-6,13H,4,7-11H2,(H2,16,17,18). The van der Waals surface area contributed by atoms with Crippen LogP contribution in [0.15, 0.2) is 30.3 Å². The average Bonchev–Trinajstić information content (AvgIpc) is 3.13. The molecule has 0 heterocycles. The van der Waals surface area contributed by atoms with E-state index in [4.69, 9.17) is 0 Å². The van der Waals surface area contributed by atoms with Gasteiger partial charge in [0.1, 0.15) is 0 Å². The van der Waals surface area contributed by atoms with Gasteiger partial charge >= 0.3 is 6.03 Å². The summed E-state index contributed by atoms with van der Waals surface area (Å²) in [6.45, 7) is 0.759. The van der Waals surface area contributed by atoms with Crippen molar-refractivity contribution < 1.29 is 4.79 Å². The molecule has 2 fully saturated rings. The zero-order valence-corrected chi connectivity index (χ0v) is 10.6. The van der Waals surface area contributed by atoms with E-state index >= 15 is 0 Å². The Labute approximate surface area is 108 Å². The molecule has 0 unspecified atom stereocenters. The quantitative estimate of drug-likeness (QED) is 0.839. The second-order valence-electron chi connectivity index (χ2n) is 5.60. The summed E-state index contributed by atoms with van der Waals surface area (Å²) < 4.78 is 0. The molecular formula is C15H20N2O. The molecule has 96 valence electrons. The molecular weight excluding hydrogens is 224 g/mol. The van der Waals surface area contributed by atoms with E-state index in [2.05, 4.69) is 34.9 Å². The SMILES string of the molecule is O=C(NCC1(c2ccccc2)CCC1)NC1CC1. The minimum absolute atomic E-state index is 0.000272. The zero-order valence-electron chi connectivity index (χ0n) is 10.6. The summed E-state index contributed by atoms with van der Waals surface area (Å²) in [5.41, 5.74) is 1.55. The Morgan fingerprint density at radius 3 is 2.50 bits per heavy atom. The predicted octanol–water partition coefficient (Wildman–Crippen LogP) is 2.57. The fraction of sp³-hybridized carbons (Fsp3) is 0.533. The molecule has 18 heavy (non-hydrogen) atoms. The van der Waals surface area contributed by atoms with Gasteiger partial charge < -0.3 is 10.6 Å². The molecule has 2 N–H and O–H groups in total. The van der Waals surface area contributed by atoms with Crippen molar-refractivity contribution in [2.24, 2.45) is 0 Å². The van der Waals surface area contributed by atoms with Crippen LogP contribution >= 0.6 is 0 Å². The Morgan fingerprint density at radius 1 is 1.22 bits per heavy atom. The van der Waals surface area contributed by atoms with Crippen LogP contribution in [-0.2, 0) is 5.41 Å². The maximum atomic E-state index is 11.7. The summed E-state index contributed by atoms with van der Waals surface area (Å²) in [4.78, 5) is 11.7. The molecule has 2 aliphatic carbocycles. The van der Waals surface area contributed by atoms with Gasteiger partial charge in [-0.3, -0.25) is 0 Å². The van der Waals surface area contributed by atoms with Gasteiger partial charge in [0.15, 0.2) is 0 Å². The molecule has 3 heteroatoms. The highest BCUT2D eigenvalue weighted by molar-refractivity contribution is 5.74. The van der Waals surface area contributed by atoms with Crippen molar-refractivity contribution in [2.45, 2.75) is 43.6 Å². The van der Waals surface area contributed by atoms with Crippen molar-refractivity contribution in [3.8, 4) is 0 Å². The van der Waals surface area contributed by atoms with E-state index in [0.29, 0.717) is 6.04 Å². The van der Waals surface area contributed by atoms with E-state index in [0.717, 1.165) is 19.4 Å². The third-order valence-electron chi connectivity index (χ3n) is 4.20. The molecule has 0 atom stereocenters. The van der Waals surface area contributed by atoms with Crippen LogP contribution in [0.25, 0.3) is 0 Å². The van der Waals surface area contributed by atoms with Gasteiger partial charge in [0.05, 0.1) is 0 Å². The van der Waals surface area contributed by atoms with Gasteiger partial charge in [-0.05, 0) is 31.2 Å². The minimum atomic E-state index is -0.000272. The van der Waals surface area contributed by atoms with Crippen molar-refractivity contribution in [3.05, 3.63) is 35.9 Å². The number of benzene rings is 1. The number of nitrogens with one attached hydrogen (secondary N) is 2. The molecule has 0 saturated heterocycles. The minimum Gasteiger partial charge on any atom is -0.337 e. The van der Waals surface area contributed by atoms with Crippen LogP contribution in [0.4, 0.5) is 4.79 Å². The molecule has 2 saturated carbocycles. The summed E-state index contributed by atoms with van der Waals surface area (Å²) in [6.07, 6.45) is 5.90. The van der Waals surface area contributed by atoms with E-state index in [9.17, 15) is 4.79 Å². The van der Waals surface area contributed by atoms with E-state index < -0.39 is 0 Å². The average molecular weight is 244 g/mol. The third kappa shape index (κ3) is 2.35. The Morgan fingerprint density at radius 2 is 1.94 bits per heavy atom. The summed E-state index contributed by atoms with van der Waals surface area (Å²) in [6, 6.07) is 11.0. The van der Waals surface area contributed by atoms with E-state index in [1.807, 2.05) is 6.07 Å². The van der Waals surface area contributed by atoms with Crippen LogP contribution in [0.2, 0.25) is 0 Å². The molecule has 0 radical (unpaired) electrons. The first-order valence-electron chi connectivity index (χ1n) is 6.88. The molecule has 3 nitrogen and oxygen atoms in total. The highest BCUT2D eigenvalue weighted by atomic mass is 16.2. The van der Waals surface area contributed by atoms with Crippen molar-refractivity contribution >= 4 is 6.03 Å². The normalized spacial score (nSPS) is 20.9. The molecule has 1 aromatic rings. The molecule has 0 spiro atoms. The van der Waals surface area contributed by atoms with E-state index in [1.165, 1.54) is 24.8 Å². The third-order valence-corrected chi connectivity index (χ3v) is 4.20. The maximum absolute atomic E-state index is 11.7. The Bertz CT molecular complexity index is 421. The number of carbonyl (C=O) groups is 1. The first-order chi connectivity index (χ1) is 8.78. The fourth-order valence-electron chi connectivity index (χ4n) is 2.68. The highest BCUT2D eigenvalue weighted by Crippen LogP contribution is 2.43. The summed E-state index contributed by atoms with van der Waals surface area (Å²) in [5, 5.41) is 6.02. The summed E-state index contributed by atoms with van der Waals surface area (Å²) >= 11 is 0. The van der Waals surface area contributed by atoms with Crippen molar-refractivity contribution in [2.75, 3.05) is 6.54 Å². The van der Waals surface area contributed by atoms with Gasteiger partial charge in [0.25, 0.3) is 0 Å². The maximum Gasteiger partial charge on any atom is 0.315 e. The predicted molar refractivity (Wildman–Crippen MR) is 71.5 cm³/mol. The van der Waals surface area contributed by atoms with Crippen molar-refractivity contribution in [1.82, 2.24) is 10.6 Å². The molecule has 2 amide bonds. The van der Waals surface area contributed by atoms with Gasteiger partial charge in [0, 0.05) is 18.0 Å². The van der Waals surface area contributed by atoms with Gasteiger partial charge in [-0.25, -0.2) is 4.79 Å². The van der Waals surface area contributed by atoms with Crippen molar-refractivity contribution in [1.29, 1.82) is 0 Å². The van der Waals surface area contributed by atoms with E-state index in [-0.39, 0.29) is 11.4 Å². The lowest BCUT2D eigenvalue weighted by atomic mass is 9.64. The van der Waals surface area contributed by atoms with Crippen LogP contribution in [0.1, 0.15) is 37.7 Å². The number of urea groups is 1. The summed E-state index contributed by atoms with van der Waals surface area (Å²) in [5.74, 6) is 0. The van der Waals surface area contributed by atoms with Crippen LogP contribution in [0.3, 0.4) is 0 Å². The first kappa shape index (κ1) is 11.6. The highest BCUT2D eigenvalue weighted by Gasteiger charge is 2.38. The van der Waals surface area contributed by atoms with Crippen LogP contribution < -0.4 is 10.6 Å². The summed E-state index contributed by atoms with van der Waals surface area (Å²) in [7, 11) is 0. The Hall–Kier alpha value is -1.51. The lowest BCUT2D eigenvalue weighted by Gasteiger charge is -2.42. The number of hydrogen-bond acceptors (Lipinski definition) is 1. The monoisotopic (exact) mass is 244 g/mol. The van der Waals surface area contributed by atoms with Crippen LogP contribution in [0, 0.1) is 0 Å². The Kier molecular flexibility index (Phi) is 2.98. The van der Waals surface area contributed by atoms with Gasteiger partial charge in [-0.1, -0.05) is 36.8 Å². The van der Waals surface area contributed by atoms with Gasteiger partial charge in [-0.2, -0.15) is 0 Å². The van der Waals surface area contributed by atoms with Gasteiger partial charge in [-0.15, -0.1) is 0 Å². The molecule has 1 aromatic carbocycles. The number of rotatable bonds is 4. The second kappa shape index (κ2) is 4.63. The second-order valence-corrected chi connectivity index (χ2v) is 5.60. The lowest BCUT2D eigenvalue weighted by molar-refractivity contribution is 0.214. The lowest BCUT2D eigenvalue weighted by Crippen LogP contribution is -2.48. The zero-order chi connectivity index (χ0) is 12.4. The molecule has 0 aromatic heterocycles. The van der Waals surface area contributed by atoms with Crippen LogP contribution in [0.5, 0.6) is 0 Å². The number of hydrogen-bond donors (Lipinski definition) is 2. The number of amides is 2.